The van der Waals surface area contributed by atoms with Crippen LogP contribution in [0.25, 0.3) is 0 Å². The normalized spacial score (nSPS) is 21.7. The molecule has 0 amide bonds. The van der Waals surface area contributed by atoms with Crippen molar-refractivity contribution in [3.63, 3.8) is 0 Å². The standard InChI is InChI=1S/C18H27N5O.C2HF3O2/c1-21-8-6-19-18(21)12-23-7-5-17(24-13-14-3-4-14)16(23)9-15-10-20-22(2)11-15;3-2(4,5)1(6)7/h6,8,10-11,14,16-17H,3-5,7,9,12-13H2,1-2H3;(H,6,7)/t16-,17+;/m0./s1. The lowest BCUT2D eigenvalue weighted by molar-refractivity contribution is -0.192. The number of aliphatic carboxylic acids is 1. The van der Waals surface area contributed by atoms with Crippen LogP contribution in [0.5, 0.6) is 0 Å². The number of rotatable bonds is 7. The summed E-state index contributed by atoms with van der Waals surface area (Å²) in [4.78, 5) is 15.9. The molecular formula is C20H28F3N5O3. The van der Waals surface area contributed by atoms with Crippen molar-refractivity contribution in [1.82, 2.24) is 24.2 Å². The molecule has 172 valence electrons. The van der Waals surface area contributed by atoms with Crippen molar-refractivity contribution in [3.8, 4) is 0 Å². The Labute approximate surface area is 178 Å². The third-order valence-electron chi connectivity index (χ3n) is 5.55. The zero-order chi connectivity index (χ0) is 22.6. The molecule has 3 heterocycles. The van der Waals surface area contributed by atoms with Gasteiger partial charge in [0.05, 0.1) is 18.8 Å². The molecule has 2 aromatic rings. The molecule has 0 aromatic carbocycles. The van der Waals surface area contributed by atoms with Crippen molar-refractivity contribution in [2.24, 2.45) is 20.0 Å². The fourth-order valence-corrected chi connectivity index (χ4v) is 3.63. The minimum atomic E-state index is -5.08. The van der Waals surface area contributed by atoms with Gasteiger partial charge in [-0.25, -0.2) is 9.78 Å². The van der Waals surface area contributed by atoms with Crippen LogP contribution >= 0.6 is 0 Å². The van der Waals surface area contributed by atoms with E-state index < -0.39 is 12.1 Å². The molecule has 1 saturated carbocycles. The van der Waals surface area contributed by atoms with Crippen LogP contribution in [0.15, 0.2) is 24.8 Å². The van der Waals surface area contributed by atoms with Crippen LogP contribution in [0.1, 0.15) is 30.7 Å². The van der Waals surface area contributed by atoms with E-state index in [-0.39, 0.29) is 0 Å². The molecular weight excluding hydrogens is 415 g/mol. The van der Waals surface area contributed by atoms with Gasteiger partial charge in [-0.05, 0) is 37.2 Å². The topological polar surface area (TPSA) is 85.4 Å². The number of halogens is 3. The van der Waals surface area contributed by atoms with Gasteiger partial charge in [0.25, 0.3) is 0 Å². The Morgan fingerprint density at radius 3 is 2.52 bits per heavy atom. The smallest absolute Gasteiger partial charge is 0.475 e. The van der Waals surface area contributed by atoms with Crippen molar-refractivity contribution in [3.05, 3.63) is 36.2 Å². The van der Waals surface area contributed by atoms with E-state index in [2.05, 4.69) is 32.8 Å². The first-order valence-electron chi connectivity index (χ1n) is 10.2. The molecule has 2 atom stereocenters. The third-order valence-corrected chi connectivity index (χ3v) is 5.55. The number of hydrogen-bond acceptors (Lipinski definition) is 5. The highest BCUT2D eigenvalue weighted by Gasteiger charge is 2.38. The maximum atomic E-state index is 10.6. The van der Waals surface area contributed by atoms with Crippen molar-refractivity contribution >= 4 is 5.97 Å². The minimum absolute atomic E-state index is 0.325. The summed E-state index contributed by atoms with van der Waals surface area (Å²) >= 11 is 0. The fraction of sp³-hybridized carbons (Fsp3) is 0.650. The van der Waals surface area contributed by atoms with Gasteiger partial charge in [-0.2, -0.15) is 18.3 Å². The van der Waals surface area contributed by atoms with E-state index in [1.54, 1.807) is 0 Å². The number of aryl methyl sites for hydroxylation is 2. The van der Waals surface area contributed by atoms with Gasteiger partial charge in [-0.3, -0.25) is 9.58 Å². The Morgan fingerprint density at radius 2 is 2.00 bits per heavy atom. The van der Waals surface area contributed by atoms with E-state index in [9.17, 15) is 13.2 Å². The molecule has 8 nitrogen and oxygen atoms in total. The Kier molecular flexibility index (Phi) is 7.37. The average molecular weight is 443 g/mol. The molecule has 11 heteroatoms. The summed E-state index contributed by atoms with van der Waals surface area (Å²) in [5.74, 6) is -0.825. The van der Waals surface area contributed by atoms with Gasteiger partial charge in [0.2, 0.25) is 0 Å². The van der Waals surface area contributed by atoms with Crippen molar-refractivity contribution in [1.29, 1.82) is 0 Å². The Bertz CT molecular complexity index is 862. The van der Waals surface area contributed by atoms with Crippen LogP contribution in [0.2, 0.25) is 0 Å². The summed E-state index contributed by atoms with van der Waals surface area (Å²) in [6.45, 7) is 2.90. The number of alkyl halides is 3. The van der Waals surface area contributed by atoms with Crippen LogP contribution < -0.4 is 0 Å². The number of aromatic nitrogens is 4. The van der Waals surface area contributed by atoms with E-state index in [1.807, 2.05) is 30.3 Å². The van der Waals surface area contributed by atoms with Crippen molar-refractivity contribution < 1.29 is 27.8 Å². The molecule has 1 N–H and O–H groups in total. The lowest BCUT2D eigenvalue weighted by Gasteiger charge is -2.27. The quantitative estimate of drug-likeness (QED) is 0.708. The number of hydrogen-bond donors (Lipinski definition) is 1. The minimum Gasteiger partial charge on any atom is -0.475 e. The van der Waals surface area contributed by atoms with E-state index in [4.69, 9.17) is 14.6 Å². The molecule has 1 aliphatic carbocycles. The molecule has 2 aliphatic rings. The summed E-state index contributed by atoms with van der Waals surface area (Å²) in [7, 11) is 4.04. The third kappa shape index (κ3) is 6.79. The molecule has 2 aromatic heterocycles. The van der Waals surface area contributed by atoms with Gasteiger partial charge in [-0.15, -0.1) is 0 Å². The number of ether oxygens (including phenoxy) is 1. The molecule has 1 aliphatic heterocycles. The fourth-order valence-electron chi connectivity index (χ4n) is 3.63. The van der Waals surface area contributed by atoms with Crippen LogP contribution in [0.4, 0.5) is 13.2 Å². The number of likely N-dealkylation sites (tertiary alicyclic amines) is 1. The first kappa shape index (κ1) is 23.3. The maximum Gasteiger partial charge on any atom is 0.490 e. The second kappa shape index (κ2) is 9.82. The SMILES string of the molecule is Cn1cc(C[C@H]2[C@H](OCC3CC3)CCN2Cc2nccn2C)cn1.O=C(O)C(F)(F)F. The van der Waals surface area contributed by atoms with Gasteiger partial charge in [0.15, 0.2) is 0 Å². The number of imidazole rings is 1. The lowest BCUT2D eigenvalue weighted by Crippen LogP contribution is -2.38. The van der Waals surface area contributed by atoms with Crippen LogP contribution in [0, 0.1) is 5.92 Å². The molecule has 2 fully saturated rings. The summed E-state index contributed by atoms with van der Waals surface area (Å²) in [5.41, 5.74) is 1.29. The van der Waals surface area contributed by atoms with E-state index in [1.165, 1.54) is 18.4 Å². The Hall–Kier alpha value is -2.40. The summed E-state index contributed by atoms with van der Waals surface area (Å²) in [5, 5.41) is 11.4. The van der Waals surface area contributed by atoms with Crippen LogP contribution in [0.3, 0.4) is 0 Å². The molecule has 0 unspecified atom stereocenters. The molecule has 0 spiro atoms. The highest BCUT2D eigenvalue weighted by atomic mass is 19.4. The zero-order valence-electron chi connectivity index (χ0n) is 17.6. The zero-order valence-corrected chi connectivity index (χ0v) is 17.6. The predicted molar refractivity (Wildman–Crippen MR) is 105 cm³/mol. The number of carboxylic acids is 1. The highest BCUT2D eigenvalue weighted by molar-refractivity contribution is 5.73. The molecule has 31 heavy (non-hydrogen) atoms. The summed E-state index contributed by atoms with van der Waals surface area (Å²) in [6, 6.07) is 0.407. The highest BCUT2D eigenvalue weighted by Crippen LogP contribution is 2.32. The number of nitrogens with zero attached hydrogens (tertiary/aromatic N) is 5. The second-order valence-electron chi connectivity index (χ2n) is 8.13. The first-order valence-corrected chi connectivity index (χ1v) is 10.2. The number of carbonyl (C=O) groups is 1. The molecule has 0 bridgehead atoms. The van der Waals surface area contributed by atoms with Crippen LogP contribution in [-0.4, -0.2) is 66.8 Å². The number of carboxylic acid groups (broad SMARTS) is 1. The van der Waals surface area contributed by atoms with E-state index in [0.717, 1.165) is 44.3 Å². The molecule has 4 rings (SSSR count). The van der Waals surface area contributed by atoms with Crippen molar-refractivity contribution in [2.75, 3.05) is 13.2 Å². The molecule has 1 saturated heterocycles. The van der Waals surface area contributed by atoms with Gasteiger partial charge < -0.3 is 14.4 Å². The monoisotopic (exact) mass is 443 g/mol. The summed E-state index contributed by atoms with van der Waals surface area (Å²) < 4.78 is 42.0. The first-order chi connectivity index (χ1) is 14.6. The van der Waals surface area contributed by atoms with Crippen molar-refractivity contribution in [2.45, 2.75) is 50.6 Å². The second-order valence-corrected chi connectivity index (χ2v) is 8.13. The van der Waals surface area contributed by atoms with E-state index in [0.29, 0.717) is 12.1 Å². The van der Waals surface area contributed by atoms with Gasteiger partial charge in [0, 0.05) is 51.9 Å². The van der Waals surface area contributed by atoms with Gasteiger partial charge in [0.1, 0.15) is 5.82 Å². The average Bonchev–Trinajstić information content (AvgIpc) is 3.12. The predicted octanol–water partition coefficient (Wildman–Crippen LogP) is 2.40. The van der Waals surface area contributed by atoms with Crippen LogP contribution in [-0.2, 0) is 36.6 Å². The lowest BCUT2D eigenvalue weighted by atomic mass is 10.0. The maximum absolute atomic E-state index is 10.6. The Balaban J connectivity index is 0.000000339. The van der Waals surface area contributed by atoms with Gasteiger partial charge >= 0.3 is 12.1 Å². The Morgan fingerprint density at radius 1 is 1.29 bits per heavy atom. The summed E-state index contributed by atoms with van der Waals surface area (Å²) in [6.07, 6.45) is 8.03. The van der Waals surface area contributed by atoms with E-state index >= 15 is 0 Å². The largest absolute Gasteiger partial charge is 0.490 e. The molecule has 0 radical (unpaired) electrons. The van der Waals surface area contributed by atoms with Gasteiger partial charge in [-0.1, -0.05) is 0 Å².